The molecule has 1 aromatic carbocycles. The molecule has 0 bridgehead atoms. The molecule has 0 radical (unpaired) electrons. The van der Waals surface area contributed by atoms with Crippen LogP contribution in [-0.2, 0) is 11.3 Å². The minimum absolute atomic E-state index is 0.0458. The van der Waals surface area contributed by atoms with E-state index < -0.39 is 0 Å². The molecule has 1 aliphatic heterocycles. The molecular formula is C15H15N3O2S. The second-order valence-corrected chi connectivity index (χ2v) is 6.20. The van der Waals surface area contributed by atoms with E-state index >= 15 is 0 Å². The van der Waals surface area contributed by atoms with Crippen molar-refractivity contribution in [3.8, 4) is 0 Å². The summed E-state index contributed by atoms with van der Waals surface area (Å²) >= 11 is 1.27. The molecule has 5 nitrogen and oxygen atoms in total. The first kappa shape index (κ1) is 12.9. The second kappa shape index (κ2) is 5.22. The zero-order chi connectivity index (χ0) is 14.2. The Labute approximate surface area is 125 Å². The van der Waals surface area contributed by atoms with Gasteiger partial charge in [0, 0.05) is 23.2 Å². The van der Waals surface area contributed by atoms with Gasteiger partial charge in [0.2, 0.25) is 0 Å². The van der Waals surface area contributed by atoms with Gasteiger partial charge >= 0.3 is 0 Å². The lowest BCUT2D eigenvalue weighted by atomic mass is 10.2. The van der Waals surface area contributed by atoms with Crippen molar-refractivity contribution in [3.63, 3.8) is 0 Å². The van der Waals surface area contributed by atoms with Crippen LogP contribution in [0, 0.1) is 0 Å². The Morgan fingerprint density at radius 3 is 2.95 bits per heavy atom. The summed E-state index contributed by atoms with van der Waals surface area (Å²) in [4.78, 5) is 22.4. The lowest BCUT2D eigenvalue weighted by Gasteiger charge is -2.25. The van der Waals surface area contributed by atoms with Gasteiger partial charge in [-0.1, -0.05) is 29.5 Å². The third kappa shape index (κ3) is 2.35. The van der Waals surface area contributed by atoms with E-state index in [9.17, 15) is 4.79 Å². The summed E-state index contributed by atoms with van der Waals surface area (Å²) in [5, 5.41) is 1.04. The number of nitrogens with zero attached hydrogens (tertiary/aromatic N) is 2. The summed E-state index contributed by atoms with van der Waals surface area (Å²) in [5.74, 6) is 0.854. The number of H-pyrrole nitrogens is 1. The van der Waals surface area contributed by atoms with E-state index in [2.05, 4.69) is 14.9 Å². The molecule has 3 aromatic rings. The first-order valence-corrected chi connectivity index (χ1v) is 7.83. The molecule has 0 amide bonds. The third-order valence-electron chi connectivity index (χ3n) is 3.78. The minimum atomic E-state index is 0.0458. The zero-order valence-corrected chi connectivity index (χ0v) is 12.3. The van der Waals surface area contributed by atoms with Crippen molar-refractivity contribution in [1.82, 2.24) is 14.9 Å². The Morgan fingerprint density at radius 1 is 1.29 bits per heavy atom. The molecule has 1 aliphatic rings. The van der Waals surface area contributed by atoms with Crippen molar-refractivity contribution in [2.24, 2.45) is 0 Å². The van der Waals surface area contributed by atoms with E-state index in [1.54, 1.807) is 0 Å². The Bertz CT molecular complexity index is 849. The highest BCUT2D eigenvalue weighted by molar-refractivity contribution is 7.16. The van der Waals surface area contributed by atoms with E-state index in [4.69, 9.17) is 4.74 Å². The van der Waals surface area contributed by atoms with Gasteiger partial charge in [0.25, 0.3) is 4.74 Å². The maximum Gasteiger partial charge on any atom is 0.258 e. The topological polar surface area (TPSA) is 58.2 Å². The lowest BCUT2D eigenvalue weighted by molar-refractivity contribution is 0.0332. The molecule has 2 aromatic heterocycles. The normalized spacial score (nSPS) is 16.8. The number of hydrogen-bond donors (Lipinski definition) is 1. The Kier molecular flexibility index (Phi) is 3.21. The first-order chi connectivity index (χ1) is 10.3. The molecule has 6 heteroatoms. The van der Waals surface area contributed by atoms with Crippen LogP contribution in [0.15, 0.2) is 29.1 Å². The van der Waals surface area contributed by atoms with Gasteiger partial charge in [-0.05, 0) is 6.07 Å². The molecule has 0 atom stereocenters. The Balaban J connectivity index is 1.79. The molecule has 108 valence electrons. The summed E-state index contributed by atoms with van der Waals surface area (Å²) in [7, 11) is 0. The second-order valence-electron chi connectivity index (χ2n) is 5.18. The van der Waals surface area contributed by atoms with Crippen LogP contribution in [0.3, 0.4) is 0 Å². The summed E-state index contributed by atoms with van der Waals surface area (Å²) in [6, 6.07) is 7.92. The maximum atomic E-state index is 12.2. The Morgan fingerprint density at radius 2 is 2.10 bits per heavy atom. The van der Waals surface area contributed by atoms with E-state index in [0.29, 0.717) is 5.52 Å². The van der Waals surface area contributed by atoms with Gasteiger partial charge in [-0.15, -0.1) is 0 Å². The molecule has 4 rings (SSSR count). The van der Waals surface area contributed by atoms with Gasteiger partial charge in [-0.2, -0.15) is 0 Å². The number of rotatable bonds is 2. The molecule has 1 saturated heterocycles. The molecule has 0 saturated carbocycles. The van der Waals surface area contributed by atoms with E-state index in [1.165, 1.54) is 11.3 Å². The van der Waals surface area contributed by atoms with Crippen LogP contribution in [0.5, 0.6) is 0 Å². The van der Waals surface area contributed by atoms with Crippen LogP contribution in [0.2, 0.25) is 0 Å². The zero-order valence-electron chi connectivity index (χ0n) is 11.5. The van der Waals surface area contributed by atoms with Crippen LogP contribution >= 0.6 is 11.3 Å². The van der Waals surface area contributed by atoms with Gasteiger partial charge in [0.15, 0.2) is 0 Å². The van der Waals surface area contributed by atoms with Crippen LogP contribution in [0.1, 0.15) is 5.82 Å². The number of aromatic nitrogens is 2. The van der Waals surface area contributed by atoms with Crippen LogP contribution in [-0.4, -0.2) is 41.2 Å². The number of ether oxygens (including phenoxy) is 1. The van der Waals surface area contributed by atoms with Crippen molar-refractivity contribution in [2.75, 3.05) is 26.3 Å². The van der Waals surface area contributed by atoms with Gasteiger partial charge in [-0.25, -0.2) is 4.98 Å². The summed E-state index contributed by atoms with van der Waals surface area (Å²) in [5.41, 5.74) is 1.42. The number of nitrogens with one attached hydrogen (secondary N) is 1. The smallest absolute Gasteiger partial charge is 0.258 e. The van der Waals surface area contributed by atoms with Gasteiger partial charge in [-0.3, -0.25) is 9.69 Å². The predicted molar refractivity (Wildman–Crippen MR) is 83.8 cm³/mol. The third-order valence-corrected chi connectivity index (χ3v) is 4.74. The highest BCUT2D eigenvalue weighted by atomic mass is 32.1. The average molecular weight is 301 g/mol. The van der Waals surface area contributed by atoms with Gasteiger partial charge in [0.1, 0.15) is 16.9 Å². The number of fused-ring (bicyclic) bond motifs is 3. The monoisotopic (exact) mass is 301 g/mol. The van der Waals surface area contributed by atoms with Crippen LogP contribution < -0.4 is 4.74 Å². The average Bonchev–Trinajstić information content (AvgIpc) is 2.93. The van der Waals surface area contributed by atoms with E-state index in [-0.39, 0.29) is 4.74 Å². The van der Waals surface area contributed by atoms with Gasteiger partial charge < -0.3 is 9.72 Å². The number of morpholine rings is 1. The SMILES string of the molecule is O=c1sc2ccccc2c2nc(CN3CCOCC3)[nH]c12. The fourth-order valence-corrected chi connectivity index (χ4v) is 3.58. The van der Waals surface area contributed by atoms with E-state index in [1.807, 2.05) is 24.3 Å². The summed E-state index contributed by atoms with van der Waals surface area (Å²) < 4.78 is 6.38. The van der Waals surface area contributed by atoms with Crippen molar-refractivity contribution in [2.45, 2.75) is 6.54 Å². The molecular weight excluding hydrogens is 286 g/mol. The molecule has 1 fully saturated rings. The lowest BCUT2D eigenvalue weighted by Crippen LogP contribution is -2.35. The van der Waals surface area contributed by atoms with Gasteiger partial charge in [0.05, 0.1) is 19.8 Å². The fourth-order valence-electron chi connectivity index (χ4n) is 2.71. The largest absolute Gasteiger partial charge is 0.379 e. The molecule has 3 heterocycles. The highest BCUT2D eigenvalue weighted by Gasteiger charge is 2.15. The summed E-state index contributed by atoms with van der Waals surface area (Å²) in [6.07, 6.45) is 0. The van der Waals surface area contributed by atoms with Crippen LogP contribution in [0.4, 0.5) is 0 Å². The number of hydrogen-bond acceptors (Lipinski definition) is 5. The number of benzene rings is 1. The van der Waals surface area contributed by atoms with Crippen LogP contribution in [0.25, 0.3) is 21.1 Å². The molecule has 0 spiro atoms. The Hall–Kier alpha value is -1.76. The highest BCUT2D eigenvalue weighted by Crippen LogP contribution is 2.24. The number of aromatic amines is 1. The first-order valence-electron chi connectivity index (χ1n) is 7.02. The number of imidazole rings is 1. The van der Waals surface area contributed by atoms with Crippen molar-refractivity contribution >= 4 is 32.5 Å². The quantitative estimate of drug-likeness (QED) is 0.786. The molecule has 0 aliphatic carbocycles. The fraction of sp³-hybridized carbons (Fsp3) is 0.333. The minimum Gasteiger partial charge on any atom is -0.379 e. The van der Waals surface area contributed by atoms with E-state index in [0.717, 1.165) is 54.3 Å². The van der Waals surface area contributed by atoms with Crippen molar-refractivity contribution in [3.05, 3.63) is 39.6 Å². The molecule has 1 N–H and O–H groups in total. The molecule has 21 heavy (non-hydrogen) atoms. The molecule has 0 unspecified atom stereocenters. The summed E-state index contributed by atoms with van der Waals surface area (Å²) in [6.45, 7) is 4.07. The predicted octanol–water partition coefficient (Wildman–Crippen LogP) is 1.97. The maximum absolute atomic E-state index is 12.2. The van der Waals surface area contributed by atoms with Crippen molar-refractivity contribution < 1.29 is 4.74 Å². The standard InChI is InChI=1S/C15H15N3O2S/c19-15-14-13(10-3-1-2-4-11(10)21-15)16-12(17-14)9-18-5-7-20-8-6-18/h1-4H,5-9H2,(H,16,17). The van der Waals surface area contributed by atoms with Crippen molar-refractivity contribution in [1.29, 1.82) is 0 Å².